The maximum Gasteiger partial charge on any atom is 0.337 e. The third-order valence-corrected chi connectivity index (χ3v) is 11.1. The average Bonchev–Trinajstić information content (AvgIpc) is 3.60. The van der Waals surface area contributed by atoms with Crippen LogP contribution in [0.15, 0.2) is 24.2 Å². The number of aliphatic hydroxyl groups is 11. The third kappa shape index (κ3) is 6.35. The molecule has 2 saturated carbocycles. The van der Waals surface area contributed by atoms with E-state index in [1.165, 1.54) is 6.08 Å². The Morgan fingerprint density at radius 3 is 1.94 bits per heavy atom. The number of esters is 1. The lowest BCUT2D eigenvalue weighted by Gasteiger charge is -2.43. The van der Waals surface area contributed by atoms with Crippen LogP contribution in [0.3, 0.4) is 0 Å². The smallest absolute Gasteiger partial charge is 0.337 e. The fourth-order valence-electron chi connectivity index (χ4n) is 8.13. The molecule has 2 aliphatic carbocycles. The van der Waals surface area contributed by atoms with Crippen molar-refractivity contribution in [3.63, 3.8) is 0 Å². The molecule has 4 heterocycles. The molecule has 19 nitrogen and oxygen atoms in total. The van der Waals surface area contributed by atoms with Gasteiger partial charge in [0.1, 0.15) is 66.6 Å². The Hall–Kier alpha value is -2.05. The van der Waals surface area contributed by atoms with Crippen molar-refractivity contribution in [2.45, 2.75) is 112 Å². The minimum Gasteiger partial charge on any atom is -0.472 e. The molecule has 20 unspecified atom stereocenters. The molecule has 0 aromatic heterocycles. The molecule has 0 aromatic rings. The van der Waals surface area contributed by atoms with E-state index in [9.17, 15) is 61.0 Å². The van der Waals surface area contributed by atoms with Crippen LogP contribution >= 0.6 is 0 Å². The van der Waals surface area contributed by atoms with Crippen molar-refractivity contribution >= 4 is 5.97 Å². The van der Waals surface area contributed by atoms with Gasteiger partial charge in [0.25, 0.3) is 0 Å². The predicted octanol–water partition coefficient (Wildman–Crippen LogP) is -5.37. The highest BCUT2D eigenvalue weighted by Gasteiger charge is 2.65. The number of rotatable bonds is 9. The van der Waals surface area contributed by atoms with Crippen LogP contribution in [0.5, 0.6) is 0 Å². The van der Waals surface area contributed by atoms with Gasteiger partial charge in [-0.2, -0.15) is 0 Å². The standard InChI is InChI=1S/C31H46O19/c1-10-2-3-11-13(8-45-27(16(10)11)49-29-22(39)20(37)18(35)14(6-32)46-29)26(42)48-24-12-4-5-44-28(17(12)31(43,9-34)25(24)41)50-30-23(40)21(38)19(36)15(7-33)47-30/h4-5,8,10-12,14-25,27-30,32-41,43H,2-3,6-7,9H2,1H3. The number of ether oxygens (including phenoxy) is 7. The molecule has 2 saturated heterocycles. The van der Waals surface area contributed by atoms with E-state index in [1.54, 1.807) is 0 Å². The third-order valence-electron chi connectivity index (χ3n) is 11.1. The summed E-state index contributed by atoms with van der Waals surface area (Å²) in [6.45, 7) is -0.529. The first-order valence-electron chi connectivity index (χ1n) is 16.6. The fraction of sp³-hybridized carbons (Fsp3) is 0.839. The highest BCUT2D eigenvalue weighted by atomic mass is 16.8. The average molecular weight is 723 g/mol. The molecule has 19 heteroatoms. The molecule has 20 atom stereocenters. The van der Waals surface area contributed by atoms with E-state index in [-0.39, 0.29) is 11.5 Å². The fourth-order valence-corrected chi connectivity index (χ4v) is 8.13. The zero-order valence-electron chi connectivity index (χ0n) is 26.9. The normalized spacial score (nSPS) is 51.6. The summed E-state index contributed by atoms with van der Waals surface area (Å²) in [7, 11) is 0. The highest BCUT2D eigenvalue weighted by Crippen LogP contribution is 2.51. The van der Waals surface area contributed by atoms with E-state index in [4.69, 9.17) is 33.2 Å². The van der Waals surface area contributed by atoms with Gasteiger partial charge in [0.15, 0.2) is 12.6 Å². The molecule has 4 aliphatic heterocycles. The van der Waals surface area contributed by atoms with Gasteiger partial charge in [-0.15, -0.1) is 0 Å². The zero-order chi connectivity index (χ0) is 36.2. The van der Waals surface area contributed by atoms with E-state index < -0.39 is 141 Å². The zero-order valence-corrected chi connectivity index (χ0v) is 26.9. The van der Waals surface area contributed by atoms with Gasteiger partial charge in [0.05, 0.1) is 43.8 Å². The van der Waals surface area contributed by atoms with Crippen LogP contribution in [0.2, 0.25) is 0 Å². The minimum atomic E-state index is -2.38. The van der Waals surface area contributed by atoms with Crippen molar-refractivity contribution in [2.24, 2.45) is 29.6 Å². The lowest BCUT2D eigenvalue weighted by Crippen LogP contribution is -2.61. The molecule has 50 heavy (non-hydrogen) atoms. The molecule has 0 aromatic carbocycles. The van der Waals surface area contributed by atoms with Gasteiger partial charge in [0.2, 0.25) is 12.6 Å². The van der Waals surface area contributed by atoms with Crippen molar-refractivity contribution in [3.8, 4) is 0 Å². The van der Waals surface area contributed by atoms with Gasteiger partial charge in [0, 0.05) is 17.8 Å². The van der Waals surface area contributed by atoms with Crippen LogP contribution in [0.25, 0.3) is 0 Å². The van der Waals surface area contributed by atoms with E-state index in [2.05, 4.69) is 0 Å². The molecule has 0 radical (unpaired) electrons. The molecule has 0 spiro atoms. The van der Waals surface area contributed by atoms with Gasteiger partial charge in [-0.25, -0.2) is 4.79 Å². The van der Waals surface area contributed by atoms with E-state index in [0.29, 0.717) is 12.8 Å². The Labute approximate surface area is 285 Å². The Balaban J connectivity index is 1.18. The molecule has 4 fully saturated rings. The second kappa shape index (κ2) is 14.8. The van der Waals surface area contributed by atoms with Crippen molar-refractivity contribution in [2.75, 3.05) is 19.8 Å². The number of fused-ring (bicyclic) bond motifs is 2. The summed E-state index contributed by atoms with van der Waals surface area (Å²) in [6, 6.07) is 0. The Morgan fingerprint density at radius 2 is 1.38 bits per heavy atom. The number of carbonyl (C=O) groups is 1. The van der Waals surface area contributed by atoms with Crippen LogP contribution in [-0.2, 0) is 38.0 Å². The number of hydrogen-bond donors (Lipinski definition) is 11. The molecule has 0 amide bonds. The topological polar surface area (TPSA) is 304 Å². The second-order valence-electron chi connectivity index (χ2n) is 13.9. The lowest BCUT2D eigenvalue weighted by molar-refractivity contribution is -0.348. The summed E-state index contributed by atoms with van der Waals surface area (Å²) in [4.78, 5) is 13.8. The first-order chi connectivity index (χ1) is 23.8. The molecular formula is C31H46O19. The molecule has 6 rings (SSSR count). The molecule has 0 bridgehead atoms. The van der Waals surface area contributed by atoms with Gasteiger partial charge in [-0.05, 0) is 24.8 Å². The highest BCUT2D eigenvalue weighted by molar-refractivity contribution is 5.89. The Bertz CT molecular complexity index is 1260. The first kappa shape index (κ1) is 37.7. The minimum absolute atomic E-state index is 0.0777. The predicted molar refractivity (Wildman–Crippen MR) is 157 cm³/mol. The number of aliphatic hydroxyl groups excluding tert-OH is 10. The van der Waals surface area contributed by atoms with Gasteiger partial charge >= 0.3 is 5.97 Å². The summed E-state index contributed by atoms with van der Waals surface area (Å²) in [5.41, 5.74) is -2.30. The largest absolute Gasteiger partial charge is 0.472 e. The number of carbonyl (C=O) groups excluding carboxylic acids is 1. The van der Waals surface area contributed by atoms with Crippen LogP contribution < -0.4 is 0 Å². The van der Waals surface area contributed by atoms with E-state index in [1.807, 2.05) is 6.92 Å². The van der Waals surface area contributed by atoms with Crippen molar-refractivity contribution in [3.05, 3.63) is 24.2 Å². The summed E-state index contributed by atoms with van der Waals surface area (Å²) in [5.74, 6) is -4.32. The summed E-state index contributed by atoms with van der Waals surface area (Å²) >= 11 is 0. The maximum absolute atomic E-state index is 13.8. The first-order valence-corrected chi connectivity index (χ1v) is 16.6. The monoisotopic (exact) mass is 722 g/mol. The Morgan fingerprint density at radius 1 is 0.800 bits per heavy atom. The summed E-state index contributed by atoms with van der Waals surface area (Å²) in [6.07, 6.45) is -17.1. The van der Waals surface area contributed by atoms with Crippen molar-refractivity contribution < 1.29 is 94.1 Å². The van der Waals surface area contributed by atoms with Crippen molar-refractivity contribution in [1.82, 2.24) is 0 Å². The molecule has 284 valence electrons. The molecule has 11 N–H and O–H groups in total. The van der Waals surface area contributed by atoms with Gasteiger partial charge < -0.3 is 89.3 Å². The van der Waals surface area contributed by atoms with Crippen LogP contribution in [0.1, 0.15) is 19.8 Å². The molecule has 6 aliphatic rings. The summed E-state index contributed by atoms with van der Waals surface area (Å²) < 4.78 is 39.6. The van der Waals surface area contributed by atoms with E-state index in [0.717, 1.165) is 12.5 Å². The van der Waals surface area contributed by atoms with Crippen molar-refractivity contribution in [1.29, 1.82) is 0 Å². The SMILES string of the molecule is CC1CCC2C(C(=O)OC3C4C=COC(OC5OC(CO)C(O)C(O)C5O)C4C(O)(CO)C3O)=COC(OC3OC(CO)C(O)C(O)C3O)C12. The van der Waals surface area contributed by atoms with Crippen LogP contribution in [0, 0.1) is 29.6 Å². The van der Waals surface area contributed by atoms with Gasteiger partial charge in [-0.1, -0.05) is 6.92 Å². The lowest BCUT2D eigenvalue weighted by atomic mass is 9.83. The van der Waals surface area contributed by atoms with Gasteiger partial charge in [-0.3, -0.25) is 0 Å². The van der Waals surface area contributed by atoms with Crippen LogP contribution in [-0.4, -0.2) is 174 Å². The Kier molecular flexibility index (Phi) is 11.1. The maximum atomic E-state index is 13.8. The van der Waals surface area contributed by atoms with Crippen LogP contribution in [0.4, 0.5) is 0 Å². The summed E-state index contributed by atoms with van der Waals surface area (Å²) in [5, 5.41) is 114. The quantitative estimate of drug-likeness (QED) is 0.0990. The second-order valence-corrected chi connectivity index (χ2v) is 13.9. The molecular weight excluding hydrogens is 676 g/mol. The number of hydrogen-bond acceptors (Lipinski definition) is 19. The van der Waals surface area contributed by atoms with E-state index >= 15 is 0 Å².